The molecule has 0 spiro atoms. The van der Waals surface area contributed by atoms with Gasteiger partial charge in [-0.1, -0.05) is 29.8 Å². The average molecular weight is 317 g/mol. The lowest BCUT2D eigenvalue weighted by Gasteiger charge is -2.19. The van der Waals surface area contributed by atoms with E-state index in [2.05, 4.69) is 29.8 Å². The number of Topliss-reactive ketones (excluding diaryl/α,β-unsaturated/α-hetero) is 1. The number of halogens is 2. The number of ether oxygens (including phenoxy) is 1. The van der Waals surface area contributed by atoms with Crippen LogP contribution in [0.2, 0.25) is 0 Å². The van der Waals surface area contributed by atoms with Crippen LogP contribution in [0.5, 0.6) is 5.75 Å². The predicted octanol–water partition coefficient (Wildman–Crippen LogP) is 4.07. The molecule has 0 N–H and O–H groups in total. The molecule has 1 unspecified atom stereocenters. The van der Waals surface area contributed by atoms with E-state index >= 15 is 0 Å². The zero-order chi connectivity index (χ0) is 13.7. The van der Waals surface area contributed by atoms with Gasteiger partial charge in [-0.25, -0.2) is 4.39 Å². The summed E-state index contributed by atoms with van der Waals surface area (Å²) in [5.74, 6) is 0.598. The van der Waals surface area contributed by atoms with Gasteiger partial charge in [0.1, 0.15) is 11.6 Å². The Morgan fingerprint density at radius 2 is 2.11 bits per heavy atom. The summed E-state index contributed by atoms with van der Waals surface area (Å²) in [6.45, 7) is 6.12. The molecule has 0 heterocycles. The zero-order valence-corrected chi connectivity index (χ0v) is 12.5. The average Bonchev–Trinajstić information content (AvgIpc) is 2.29. The molecule has 0 bridgehead atoms. The second-order valence-electron chi connectivity index (χ2n) is 4.67. The fourth-order valence-corrected chi connectivity index (χ4v) is 2.45. The lowest BCUT2D eigenvalue weighted by molar-refractivity contribution is 0.101. The Kier molecular flexibility index (Phi) is 5.79. The molecule has 0 aliphatic heterocycles. The minimum absolute atomic E-state index is 0.120. The summed E-state index contributed by atoms with van der Waals surface area (Å²) >= 11 is 3.43. The van der Waals surface area contributed by atoms with Gasteiger partial charge in [-0.15, -0.1) is 0 Å². The van der Waals surface area contributed by atoms with E-state index in [1.54, 1.807) is 0 Å². The molecule has 0 saturated carbocycles. The number of ketones is 1. The van der Waals surface area contributed by atoms with Crippen molar-refractivity contribution in [3.63, 3.8) is 0 Å². The van der Waals surface area contributed by atoms with Crippen LogP contribution in [0.1, 0.15) is 31.1 Å². The summed E-state index contributed by atoms with van der Waals surface area (Å²) in [4.78, 5) is 11.4. The fourth-order valence-electron chi connectivity index (χ4n) is 1.52. The Morgan fingerprint density at radius 1 is 1.44 bits per heavy atom. The maximum Gasteiger partial charge on any atom is 0.163 e. The van der Waals surface area contributed by atoms with E-state index in [-0.39, 0.29) is 5.78 Å². The lowest BCUT2D eigenvalue weighted by atomic mass is 9.99. The van der Waals surface area contributed by atoms with Crippen LogP contribution in [0.15, 0.2) is 18.2 Å². The Labute approximate surface area is 116 Å². The van der Waals surface area contributed by atoms with Crippen molar-refractivity contribution in [3.8, 4) is 5.75 Å². The van der Waals surface area contributed by atoms with Crippen molar-refractivity contribution in [3.05, 3.63) is 29.6 Å². The smallest absolute Gasteiger partial charge is 0.163 e. The third-order valence-electron chi connectivity index (χ3n) is 2.92. The number of benzene rings is 1. The largest absolute Gasteiger partial charge is 0.492 e. The Morgan fingerprint density at radius 3 is 2.61 bits per heavy atom. The highest BCUT2D eigenvalue weighted by Gasteiger charge is 2.15. The molecule has 0 aliphatic rings. The van der Waals surface area contributed by atoms with E-state index < -0.39 is 5.82 Å². The second kappa shape index (κ2) is 6.88. The minimum Gasteiger partial charge on any atom is -0.492 e. The van der Waals surface area contributed by atoms with Gasteiger partial charge in [0.05, 0.1) is 12.2 Å². The van der Waals surface area contributed by atoms with Gasteiger partial charge in [0, 0.05) is 17.3 Å². The fraction of sp³-hybridized carbons (Fsp3) is 0.500. The molecule has 0 aliphatic carbocycles. The van der Waals surface area contributed by atoms with E-state index in [0.29, 0.717) is 29.8 Å². The Bertz CT molecular complexity index is 418. The summed E-state index contributed by atoms with van der Waals surface area (Å²) in [5, 5.41) is 0.815. The van der Waals surface area contributed by atoms with Crippen LogP contribution < -0.4 is 4.74 Å². The van der Waals surface area contributed by atoms with Crippen molar-refractivity contribution in [2.45, 2.75) is 20.8 Å². The molecular formula is C14H18BrFO2. The molecule has 18 heavy (non-hydrogen) atoms. The predicted molar refractivity (Wildman–Crippen MR) is 74.0 cm³/mol. The van der Waals surface area contributed by atoms with Gasteiger partial charge >= 0.3 is 0 Å². The summed E-state index contributed by atoms with van der Waals surface area (Å²) < 4.78 is 18.8. The van der Waals surface area contributed by atoms with Gasteiger partial charge in [0.15, 0.2) is 5.78 Å². The number of hydrogen-bond donors (Lipinski definition) is 0. The maximum absolute atomic E-state index is 13.2. The number of hydrogen-bond acceptors (Lipinski definition) is 2. The van der Waals surface area contributed by atoms with E-state index in [4.69, 9.17) is 4.74 Å². The topological polar surface area (TPSA) is 26.3 Å². The van der Waals surface area contributed by atoms with Crippen molar-refractivity contribution in [2.24, 2.45) is 11.8 Å². The molecule has 1 aromatic carbocycles. The van der Waals surface area contributed by atoms with Gasteiger partial charge < -0.3 is 4.74 Å². The first-order chi connectivity index (χ1) is 8.45. The van der Waals surface area contributed by atoms with Crippen molar-refractivity contribution < 1.29 is 13.9 Å². The summed E-state index contributed by atoms with van der Waals surface area (Å²) in [6.07, 6.45) is 0. The van der Waals surface area contributed by atoms with Gasteiger partial charge in [0.2, 0.25) is 0 Å². The first kappa shape index (κ1) is 15.2. The molecular weight excluding hydrogens is 299 g/mol. The first-order valence-electron chi connectivity index (χ1n) is 5.95. The summed E-state index contributed by atoms with van der Waals surface area (Å²) in [6, 6.07) is 4.00. The highest BCUT2D eigenvalue weighted by atomic mass is 79.9. The van der Waals surface area contributed by atoms with E-state index in [9.17, 15) is 9.18 Å². The van der Waals surface area contributed by atoms with Crippen LogP contribution in [0.4, 0.5) is 4.39 Å². The maximum atomic E-state index is 13.2. The van der Waals surface area contributed by atoms with E-state index in [1.807, 2.05) is 0 Å². The second-order valence-corrected chi connectivity index (χ2v) is 5.31. The monoisotopic (exact) mass is 316 g/mol. The van der Waals surface area contributed by atoms with Crippen molar-refractivity contribution in [1.29, 1.82) is 0 Å². The molecule has 1 atom stereocenters. The third kappa shape index (κ3) is 4.09. The van der Waals surface area contributed by atoms with Gasteiger partial charge in [-0.2, -0.15) is 0 Å². The lowest BCUT2D eigenvalue weighted by Crippen LogP contribution is -2.20. The standard InChI is InChI=1S/C14H18BrFO2/c1-9(2)11(7-15)8-18-14-6-12(16)4-5-13(14)10(3)17/h4-6,9,11H,7-8H2,1-3H3. The minimum atomic E-state index is -0.394. The van der Waals surface area contributed by atoms with Crippen LogP contribution >= 0.6 is 15.9 Å². The molecule has 0 saturated heterocycles. The van der Waals surface area contributed by atoms with Crippen LogP contribution in [-0.4, -0.2) is 17.7 Å². The molecule has 0 amide bonds. The molecule has 2 nitrogen and oxygen atoms in total. The van der Waals surface area contributed by atoms with Crippen molar-refractivity contribution >= 4 is 21.7 Å². The van der Waals surface area contributed by atoms with E-state index in [0.717, 1.165) is 5.33 Å². The zero-order valence-electron chi connectivity index (χ0n) is 10.9. The quantitative estimate of drug-likeness (QED) is 0.584. The molecule has 4 heteroatoms. The van der Waals surface area contributed by atoms with Crippen LogP contribution in [0, 0.1) is 17.7 Å². The Hall–Kier alpha value is -0.900. The normalized spacial score (nSPS) is 12.6. The van der Waals surface area contributed by atoms with Crippen LogP contribution in [-0.2, 0) is 0 Å². The van der Waals surface area contributed by atoms with Gasteiger partial charge in [0.25, 0.3) is 0 Å². The number of carbonyl (C=O) groups is 1. The highest BCUT2D eigenvalue weighted by molar-refractivity contribution is 9.09. The van der Waals surface area contributed by atoms with Crippen LogP contribution in [0.3, 0.4) is 0 Å². The third-order valence-corrected chi connectivity index (χ3v) is 3.75. The highest BCUT2D eigenvalue weighted by Crippen LogP contribution is 2.23. The van der Waals surface area contributed by atoms with Gasteiger partial charge in [-0.3, -0.25) is 4.79 Å². The van der Waals surface area contributed by atoms with Crippen molar-refractivity contribution in [2.75, 3.05) is 11.9 Å². The van der Waals surface area contributed by atoms with E-state index in [1.165, 1.54) is 25.1 Å². The van der Waals surface area contributed by atoms with Crippen LogP contribution in [0.25, 0.3) is 0 Å². The number of carbonyl (C=O) groups excluding carboxylic acids is 1. The molecule has 100 valence electrons. The molecule has 1 aromatic rings. The van der Waals surface area contributed by atoms with Crippen molar-refractivity contribution in [1.82, 2.24) is 0 Å². The Balaban J connectivity index is 2.83. The first-order valence-corrected chi connectivity index (χ1v) is 7.07. The number of alkyl halides is 1. The van der Waals surface area contributed by atoms with Gasteiger partial charge in [-0.05, 0) is 25.0 Å². The molecule has 0 aromatic heterocycles. The molecule has 1 rings (SSSR count). The summed E-state index contributed by atoms with van der Waals surface area (Å²) in [5.41, 5.74) is 0.425. The molecule has 0 radical (unpaired) electrons. The molecule has 0 fully saturated rings. The summed E-state index contributed by atoms with van der Waals surface area (Å²) in [7, 11) is 0. The SMILES string of the molecule is CC(=O)c1ccc(F)cc1OCC(CBr)C(C)C. The number of rotatable bonds is 6.